The van der Waals surface area contributed by atoms with Crippen molar-refractivity contribution in [3.8, 4) is 0 Å². The van der Waals surface area contributed by atoms with E-state index in [1.54, 1.807) is 0 Å². The largest absolute Gasteiger partial charge is 0.472 e. The number of quaternary nitrogens is 1. The van der Waals surface area contributed by atoms with Crippen molar-refractivity contribution in [3.05, 3.63) is 48.6 Å². The number of hydrogen-bond donors (Lipinski definition) is 1. The van der Waals surface area contributed by atoms with Crippen LogP contribution >= 0.6 is 7.82 Å². The number of esters is 2. The van der Waals surface area contributed by atoms with Crippen molar-refractivity contribution in [2.75, 3.05) is 47.5 Å². The van der Waals surface area contributed by atoms with Crippen molar-refractivity contribution in [3.63, 3.8) is 0 Å². The van der Waals surface area contributed by atoms with Gasteiger partial charge in [-0.3, -0.25) is 18.6 Å². The van der Waals surface area contributed by atoms with E-state index in [1.165, 1.54) is 38.5 Å². The number of allylic oxidation sites excluding steroid dienone is 8. The maximum Gasteiger partial charge on any atom is 0.472 e. The van der Waals surface area contributed by atoms with Crippen LogP contribution in [-0.4, -0.2) is 74.9 Å². The molecule has 0 heterocycles. The second-order valence-corrected chi connectivity index (χ2v) is 15.7. The van der Waals surface area contributed by atoms with Gasteiger partial charge in [0.15, 0.2) is 6.10 Å². The molecule has 0 saturated heterocycles. The Balaban J connectivity index is 4.13. The average Bonchev–Trinajstić information content (AvgIpc) is 3.07. The van der Waals surface area contributed by atoms with E-state index in [0.717, 1.165) is 77.0 Å². The standard InChI is InChI=1S/C41H74NO8P/c1-6-8-10-12-13-14-15-16-17-18-19-20-21-22-23-24-25-26-27-28-29-30-32-34-41(44)50-39(37-47-40(43)33-31-11-9-7-2)38-49-51(45,46)48-36-35-42(3,4)5/h8,10,13-14,16-17,19-20,39H,6-7,9,11-12,15,18,21-38H2,1-5H3/p+1/b10-8-,14-13-,17-16-,20-19-. The topological polar surface area (TPSA) is 108 Å². The zero-order valence-corrected chi connectivity index (χ0v) is 34.0. The summed E-state index contributed by atoms with van der Waals surface area (Å²) in [6.45, 7) is 4.15. The first-order valence-corrected chi connectivity index (χ1v) is 21.4. The highest BCUT2D eigenvalue weighted by molar-refractivity contribution is 7.47. The summed E-state index contributed by atoms with van der Waals surface area (Å²) < 4.78 is 33.9. The fourth-order valence-electron chi connectivity index (χ4n) is 5.00. The first-order chi connectivity index (χ1) is 24.5. The van der Waals surface area contributed by atoms with Crippen molar-refractivity contribution in [1.82, 2.24) is 0 Å². The Hall–Kier alpha value is -2.03. The molecule has 10 heteroatoms. The highest BCUT2D eigenvalue weighted by Crippen LogP contribution is 2.43. The number of carbonyl (C=O) groups excluding carboxylic acids is 2. The minimum Gasteiger partial charge on any atom is -0.462 e. The minimum atomic E-state index is -4.36. The normalized spacial score (nSPS) is 14.2. The number of likely N-dealkylation sites (N-methyl/N-ethyl adjacent to an activating group) is 1. The van der Waals surface area contributed by atoms with Crippen molar-refractivity contribution < 1.29 is 42.1 Å². The zero-order valence-electron chi connectivity index (χ0n) is 33.1. The Bertz CT molecular complexity index is 1020. The van der Waals surface area contributed by atoms with E-state index in [1.807, 2.05) is 21.1 Å². The van der Waals surface area contributed by atoms with Gasteiger partial charge in [-0.05, 0) is 51.4 Å². The summed E-state index contributed by atoms with van der Waals surface area (Å²) in [5.41, 5.74) is 0. The third kappa shape index (κ3) is 37.5. The Morgan fingerprint density at radius 2 is 1.12 bits per heavy atom. The van der Waals surface area contributed by atoms with Crippen molar-refractivity contribution in [1.29, 1.82) is 0 Å². The van der Waals surface area contributed by atoms with Crippen molar-refractivity contribution in [2.45, 2.75) is 155 Å². The van der Waals surface area contributed by atoms with Gasteiger partial charge in [0.2, 0.25) is 0 Å². The van der Waals surface area contributed by atoms with Gasteiger partial charge in [-0.15, -0.1) is 0 Å². The van der Waals surface area contributed by atoms with Crippen LogP contribution < -0.4 is 0 Å². The van der Waals surface area contributed by atoms with Crippen LogP contribution in [0.1, 0.15) is 149 Å². The molecule has 0 aromatic heterocycles. The summed E-state index contributed by atoms with van der Waals surface area (Å²) >= 11 is 0. The second-order valence-electron chi connectivity index (χ2n) is 14.3. The molecule has 9 nitrogen and oxygen atoms in total. The molecule has 2 unspecified atom stereocenters. The molecular weight excluding hydrogens is 665 g/mol. The summed E-state index contributed by atoms with van der Waals surface area (Å²) in [4.78, 5) is 34.8. The lowest BCUT2D eigenvalue weighted by atomic mass is 10.0. The molecule has 0 aliphatic rings. The quantitative estimate of drug-likeness (QED) is 0.0225. The van der Waals surface area contributed by atoms with Gasteiger partial charge < -0.3 is 18.9 Å². The maximum atomic E-state index is 12.6. The van der Waals surface area contributed by atoms with Crippen LogP contribution in [0.2, 0.25) is 0 Å². The molecular formula is C41H75NO8P+. The molecule has 0 rings (SSSR count). The van der Waals surface area contributed by atoms with Gasteiger partial charge in [0, 0.05) is 12.8 Å². The molecule has 0 radical (unpaired) electrons. The number of nitrogens with zero attached hydrogens (tertiary/aromatic N) is 1. The van der Waals surface area contributed by atoms with Gasteiger partial charge in [-0.1, -0.05) is 133 Å². The van der Waals surface area contributed by atoms with Crippen LogP contribution in [0.4, 0.5) is 0 Å². The van der Waals surface area contributed by atoms with Crippen molar-refractivity contribution in [2.24, 2.45) is 0 Å². The molecule has 1 N–H and O–H groups in total. The second kappa shape index (κ2) is 33.8. The molecule has 0 aromatic carbocycles. The summed E-state index contributed by atoms with van der Waals surface area (Å²) in [5, 5.41) is 0. The van der Waals surface area contributed by atoms with Gasteiger partial charge in [0.25, 0.3) is 0 Å². The number of hydrogen-bond acceptors (Lipinski definition) is 7. The summed E-state index contributed by atoms with van der Waals surface area (Å²) in [6.07, 6.45) is 37.9. The molecule has 2 atom stereocenters. The lowest BCUT2D eigenvalue weighted by Crippen LogP contribution is -2.37. The van der Waals surface area contributed by atoms with Crippen LogP contribution in [0.5, 0.6) is 0 Å². The van der Waals surface area contributed by atoms with Crippen LogP contribution in [0.3, 0.4) is 0 Å². The van der Waals surface area contributed by atoms with E-state index < -0.39 is 26.5 Å². The monoisotopic (exact) mass is 741 g/mol. The number of phosphoric acid groups is 1. The summed E-state index contributed by atoms with van der Waals surface area (Å²) in [6, 6.07) is 0. The minimum absolute atomic E-state index is 0.0295. The van der Waals surface area contributed by atoms with Crippen LogP contribution in [0.15, 0.2) is 48.6 Å². The van der Waals surface area contributed by atoms with Crippen LogP contribution in [0, 0.1) is 0 Å². The number of unbranched alkanes of at least 4 members (excludes halogenated alkanes) is 13. The van der Waals surface area contributed by atoms with Crippen LogP contribution in [0.25, 0.3) is 0 Å². The fourth-order valence-corrected chi connectivity index (χ4v) is 5.74. The first kappa shape index (κ1) is 49.0. The van der Waals surface area contributed by atoms with Crippen LogP contribution in [-0.2, 0) is 32.7 Å². The van der Waals surface area contributed by atoms with Gasteiger partial charge in [0.05, 0.1) is 27.7 Å². The smallest absolute Gasteiger partial charge is 0.462 e. The van der Waals surface area contributed by atoms with E-state index in [-0.39, 0.29) is 32.0 Å². The average molecular weight is 741 g/mol. The molecule has 0 aromatic rings. The van der Waals surface area contributed by atoms with E-state index in [4.69, 9.17) is 18.5 Å². The van der Waals surface area contributed by atoms with E-state index in [9.17, 15) is 19.0 Å². The lowest BCUT2D eigenvalue weighted by molar-refractivity contribution is -0.870. The molecule has 296 valence electrons. The lowest BCUT2D eigenvalue weighted by Gasteiger charge is -2.24. The molecule has 51 heavy (non-hydrogen) atoms. The first-order valence-electron chi connectivity index (χ1n) is 19.9. The third-order valence-corrected chi connectivity index (χ3v) is 9.11. The van der Waals surface area contributed by atoms with E-state index in [2.05, 4.69) is 62.5 Å². The van der Waals surface area contributed by atoms with Gasteiger partial charge in [-0.25, -0.2) is 4.57 Å². The van der Waals surface area contributed by atoms with E-state index in [0.29, 0.717) is 17.4 Å². The summed E-state index contributed by atoms with van der Waals surface area (Å²) in [7, 11) is 1.46. The van der Waals surface area contributed by atoms with Gasteiger partial charge >= 0.3 is 19.8 Å². The Morgan fingerprint density at radius 1 is 0.627 bits per heavy atom. The highest BCUT2D eigenvalue weighted by Gasteiger charge is 2.27. The molecule has 0 saturated carbocycles. The number of rotatable bonds is 35. The summed E-state index contributed by atoms with van der Waals surface area (Å²) in [5.74, 6) is -0.827. The molecule has 0 fully saturated rings. The molecule has 0 bridgehead atoms. The molecule has 0 aliphatic carbocycles. The molecule has 0 spiro atoms. The predicted molar refractivity (Wildman–Crippen MR) is 210 cm³/mol. The van der Waals surface area contributed by atoms with Gasteiger partial charge in [0.1, 0.15) is 19.8 Å². The Labute approximate surface area is 312 Å². The highest BCUT2D eigenvalue weighted by atomic mass is 31.2. The number of phosphoric ester groups is 1. The molecule has 0 amide bonds. The maximum absolute atomic E-state index is 12.6. The predicted octanol–water partition coefficient (Wildman–Crippen LogP) is 10.7. The third-order valence-electron chi connectivity index (χ3n) is 8.12. The SMILES string of the molecule is CC/C=C\C/C=C\C/C=C\C/C=C\CCCCCCCCCCCCC(=O)OC(COC(=O)CCCCCC)COP(=O)(O)OCC[N+](C)(C)C. The number of ether oxygens (including phenoxy) is 2. The molecule has 0 aliphatic heterocycles. The Morgan fingerprint density at radius 3 is 1.67 bits per heavy atom. The zero-order chi connectivity index (χ0) is 37.9. The van der Waals surface area contributed by atoms with Crippen molar-refractivity contribution >= 4 is 19.8 Å². The van der Waals surface area contributed by atoms with E-state index >= 15 is 0 Å². The fraction of sp³-hybridized carbons (Fsp3) is 0.756. The van der Waals surface area contributed by atoms with Gasteiger partial charge in [-0.2, -0.15) is 0 Å². The number of carbonyl (C=O) groups is 2. The Kier molecular flexibility index (Phi) is 32.4.